The summed E-state index contributed by atoms with van der Waals surface area (Å²) in [7, 11) is 0. The highest BCUT2D eigenvalue weighted by molar-refractivity contribution is 9.09. The monoisotopic (exact) mass is 262 g/mol. The van der Waals surface area contributed by atoms with Crippen LogP contribution < -0.4 is 0 Å². The Labute approximate surface area is 94.5 Å². The van der Waals surface area contributed by atoms with Gasteiger partial charge in [0.25, 0.3) is 0 Å². The lowest BCUT2D eigenvalue weighted by atomic mass is 9.85. The minimum Gasteiger partial charge on any atom is -0.372 e. The zero-order valence-electron chi connectivity index (χ0n) is 8.96. The van der Waals surface area contributed by atoms with Crippen molar-refractivity contribution in [2.45, 2.75) is 63.4 Å². The molecule has 4 unspecified atom stereocenters. The Morgan fingerprint density at radius 1 is 1.43 bits per heavy atom. The number of hydrogen-bond acceptors (Lipinski definition) is 2. The molecule has 0 aromatic carbocycles. The fourth-order valence-electron chi connectivity index (χ4n) is 2.81. The van der Waals surface area contributed by atoms with E-state index in [-0.39, 0.29) is 11.7 Å². The largest absolute Gasteiger partial charge is 0.372 e. The van der Waals surface area contributed by atoms with E-state index in [2.05, 4.69) is 29.8 Å². The molecule has 1 spiro atoms. The SMILES string of the molecule is CC1CC2(CCCC(CBr)O2)C(C)O1. The molecule has 2 saturated heterocycles. The molecular formula is C11H19BrO2. The molecular weight excluding hydrogens is 244 g/mol. The summed E-state index contributed by atoms with van der Waals surface area (Å²) in [4.78, 5) is 0. The quantitative estimate of drug-likeness (QED) is 0.677. The summed E-state index contributed by atoms with van der Waals surface area (Å²) in [5.74, 6) is 0. The molecule has 0 radical (unpaired) electrons. The Balaban J connectivity index is 2.07. The third-order valence-electron chi connectivity index (χ3n) is 3.51. The topological polar surface area (TPSA) is 18.5 Å². The molecule has 3 heteroatoms. The van der Waals surface area contributed by atoms with E-state index in [1.54, 1.807) is 0 Å². The predicted molar refractivity (Wildman–Crippen MR) is 59.9 cm³/mol. The number of ether oxygens (including phenoxy) is 2. The van der Waals surface area contributed by atoms with Crippen molar-refractivity contribution in [3.05, 3.63) is 0 Å². The molecule has 0 aromatic heterocycles. The van der Waals surface area contributed by atoms with Crippen molar-refractivity contribution in [2.75, 3.05) is 5.33 Å². The predicted octanol–water partition coefficient (Wildman–Crippen LogP) is 2.89. The lowest BCUT2D eigenvalue weighted by Gasteiger charge is -2.40. The molecule has 2 fully saturated rings. The molecule has 14 heavy (non-hydrogen) atoms. The van der Waals surface area contributed by atoms with Crippen LogP contribution in [0, 0.1) is 0 Å². The van der Waals surface area contributed by atoms with E-state index in [4.69, 9.17) is 9.47 Å². The summed E-state index contributed by atoms with van der Waals surface area (Å²) in [5.41, 5.74) is 0.0239. The highest BCUT2D eigenvalue weighted by atomic mass is 79.9. The van der Waals surface area contributed by atoms with Gasteiger partial charge in [0.2, 0.25) is 0 Å². The lowest BCUT2D eigenvalue weighted by Crippen LogP contribution is -2.46. The summed E-state index contributed by atoms with van der Waals surface area (Å²) in [5, 5.41) is 0.954. The summed E-state index contributed by atoms with van der Waals surface area (Å²) in [6, 6.07) is 0. The highest BCUT2D eigenvalue weighted by Gasteiger charge is 2.48. The third kappa shape index (κ3) is 1.86. The minimum absolute atomic E-state index is 0.0239. The van der Waals surface area contributed by atoms with Crippen molar-refractivity contribution >= 4 is 15.9 Å². The lowest BCUT2D eigenvalue weighted by molar-refractivity contribution is -0.145. The molecule has 0 saturated carbocycles. The smallest absolute Gasteiger partial charge is 0.0968 e. The van der Waals surface area contributed by atoms with Gasteiger partial charge in [0.15, 0.2) is 0 Å². The first-order valence-corrected chi connectivity index (χ1v) is 6.68. The Hall–Kier alpha value is 0.400. The van der Waals surface area contributed by atoms with Crippen LogP contribution in [0.25, 0.3) is 0 Å². The van der Waals surface area contributed by atoms with Crippen LogP contribution in [0.5, 0.6) is 0 Å². The van der Waals surface area contributed by atoms with E-state index in [0.717, 1.165) is 11.8 Å². The van der Waals surface area contributed by atoms with E-state index in [1.165, 1.54) is 19.3 Å². The normalized spacial score (nSPS) is 48.6. The maximum absolute atomic E-state index is 6.19. The maximum atomic E-state index is 6.19. The summed E-state index contributed by atoms with van der Waals surface area (Å²) in [6.07, 6.45) is 5.71. The first-order chi connectivity index (χ1) is 6.66. The van der Waals surface area contributed by atoms with E-state index in [1.807, 2.05) is 0 Å². The maximum Gasteiger partial charge on any atom is 0.0968 e. The molecule has 0 aliphatic carbocycles. The van der Waals surface area contributed by atoms with Crippen molar-refractivity contribution in [3.8, 4) is 0 Å². The number of rotatable bonds is 1. The average Bonchev–Trinajstić information content (AvgIpc) is 2.42. The van der Waals surface area contributed by atoms with Gasteiger partial charge >= 0.3 is 0 Å². The highest BCUT2D eigenvalue weighted by Crippen LogP contribution is 2.42. The van der Waals surface area contributed by atoms with Gasteiger partial charge in [0.05, 0.1) is 23.9 Å². The summed E-state index contributed by atoms with van der Waals surface area (Å²) < 4.78 is 12.0. The van der Waals surface area contributed by atoms with Crippen LogP contribution in [0.15, 0.2) is 0 Å². The van der Waals surface area contributed by atoms with Gasteiger partial charge in [0, 0.05) is 11.8 Å². The van der Waals surface area contributed by atoms with Gasteiger partial charge in [-0.05, 0) is 33.1 Å². The van der Waals surface area contributed by atoms with Crippen LogP contribution in [0.4, 0.5) is 0 Å². The van der Waals surface area contributed by atoms with Gasteiger partial charge in [-0.15, -0.1) is 0 Å². The van der Waals surface area contributed by atoms with Gasteiger partial charge in [-0.3, -0.25) is 0 Å². The molecule has 0 aromatic rings. The fraction of sp³-hybridized carbons (Fsp3) is 1.00. The molecule has 2 aliphatic rings. The molecule has 0 amide bonds. The Bertz CT molecular complexity index is 209. The van der Waals surface area contributed by atoms with Crippen LogP contribution in [0.2, 0.25) is 0 Å². The van der Waals surface area contributed by atoms with E-state index < -0.39 is 0 Å². The van der Waals surface area contributed by atoms with E-state index in [0.29, 0.717) is 12.2 Å². The summed E-state index contributed by atoms with van der Waals surface area (Å²) in [6.45, 7) is 4.30. The van der Waals surface area contributed by atoms with Gasteiger partial charge in [0.1, 0.15) is 0 Å². The fourth-order valence-corrected chi connectivity index (χ4v) is 3.27. The molecule has 0 N–H and O–H groups in total. The van der Waals surface area contributed by atoms with Crippen molar-refractivity contribution in [2.24, 2.45) is 0 Å². The minimum atomic E-state index is 0.0239. The second-order valence-electron chi connectivity index (χ2n) is 4.64. The number of hydrogen-bond donors (Lipinski definition) is 0. The zero-order chi connectivity index (χ0) is 10.2. The van der Waals surface area contributed by atoms with Gasteiger partial charge < -0.3 is 9.47 Å². The first kappa shape index (κ1) is 10.9. The Morgan fingerprint density at radius 3 is 2.79 bits per heavy atom. The Kier molecular flexibility index (Phi) is 3.20. The van der Waals surface area contributed by atoms with Crippen LogP contribution in [-0.4, -0.2) is 29.2 Å². The second kappa shape index (κ2) is 4.11. The first-order valence-electron chi connectivity index (χ1n) is 5.55. The van der Waals surface area contributed by atoms with E-state index in [9.17, 15) is 0 Å². The van der Waals surface area contributed by atoms with Crippen molar-refractivity contribution in [1.82, 2.24) is 0 Å². The van der Waals surface area contributed by atoms with Crippen LogP contribution >= 0.6 is 15.9 Å². The summed E-state index contributed by atoms with van der Waals surface area (Å²) >= 11 is 3.51. The zero-order valence-corrected chi connectivity index (χ0v) is 10.5. The molecule has 0 bridgehead atoms. The van der Waals surface area contributed by atoms with Crippen molar-refractivity contribution in [3.63, 3.8) is 0 Å². The third-order valence-corrected chi connectivity index (χ3v) is 4.23. The molecule has 82 valence electrons. The molecule has 4 atom stereocenters. The Morgan fingerprint density at radius 2 is 2.21 bits per heavy atom. The molecule has 2 aliphatic heterocycles. The molecule has 2 nitrogen and oxygen atoms in total. The van der Waals surface area contributed by atoms with E-state index >= 15 is 0 Å². The standard InChI is InChI=1S/C11H19BrO2/c1-8-6-11(9(2)13-8)5-3-4-10(7-12)14-11/h8-10H,3-7H2,1-2H3. The second-order valence-corrected chi connectivity index (χ2v) is 5.29. The average molecular weight is 263 g/mol. The van der Waals surface area contributed by atoms with Crippen molar-refractivity contribution < 1.29 is 9.47 Å². The number of halogens is 1. The molecule has 2 heterocycles. The van der Waals surface area contributed by atoms with Crippen LogP contribution in [0.3, 0.4) is 0 Å². The van der Waals surface area contributed by atoms with Gasteiger partial charge in [-0.2, -0.15) is 0 Å². The number of alkyl halides is 1. The van der Waals surface area contributed by atoms with Gasteiger partial charge in [-0.25, -0.2) is 0 Å². The van der Waals surface area contributed by atoms with Gasteiger partial charge in [-0.1, -0.05) is 15.9 Å². The van der Waals surface area contributed by atoms with Crippen LogP contribution in [0.1, 0.15) is 39.5 Å². The van der Waals surface area contributed by atoms with Crippen molar-refractivity contribution in [1.29, 1.82) is 0 Å². The van der Waals surface area contributed by atoms with Crippen LogP contribution in [-0.2, 0) is 9.47 Å². The molecule has 2 rings (SSSR count).